The molecule has 1 fully saturated rings. The van der Waals surface area contributed by atoms with Crippen LogP contribution in [-0.2, 0) is 16.0 Å². The third-order valence-corrected chi connectivity index (χ3v) is 4.50. The van der Waals surface area contributed by atoms with Gasteiger partial charge in [0.1, 0.15) is 5.82 Å². The number of aryl methyl sites for hydroxylation is 1. The number of carbonyl (C=O) groups is 1. The van der Waals surface area contributed by atoms with Crippen LogP contribution in [0.1, 0.15) is 11.1 Å². The fourth-order valence-electron chi connectivity index (χ4n) is 2.93. The van der Waals surface area contributed by atoms with Gasteiger partial charge in [-0.1, -0.05) is 24.3 Å². The second-order valence-corrected chi connectivity index (χ2v) is 6.46. The number of hydrogen-bond donors (Lipinski definition) is 2. The Kier molecular flexibility index (Phi) is 6.57. The smallest absolute Gasteiger partial charge is 0.228 e. The van der Waals surface area contributed by atoms with Gasteiger partial charge in [0.15, 0.2) is 0 Å². The Morgan fingerprint density at radius 2 is 2.00 bits per heavy atom. The molecule has 1 aliphatic rings. The molecule has 2 N–H and O–H groups in total. The second-order valence-electron chi connectivity index (χ2n) is 6.46. The van der Waals surface area contributed by atoms with Gasteiger partial charge in [0.25, 0.3) is 0 Å². The molecular formula is C20H26N4O2. The summed E-state index contributed by atoms with van der Waals surface area (Å²) >= 11 is 0. The maximum atomic E-state index is 12.2. The molecule has 2 aromatic rings. The van der Waals surface area contributed by atoms with Crippen LogP contribution in [0, 0.1) is 6.92 Å². The number of anilines is 2. The SMILES string of the molecule is Cc1ccccc1CC(=O)Nc1ccc(NCCN2CCOCC2)nc1. The Hall–Kier alpha value is -2.44. The lowest BCUT2D eigenvalue weighted by Crippen LogP contribution is -2.39. The lowest BCUT2D eigenvalue weighted by atomic mass is 10.1. The number of benzene rings is 1. The minimum Gasteiger partial charge on any atom is -0.379 e. The number of nitrogens with one attached hydrogen (secondary N) is 2. The Balaban J connectivity index is 1.43. The molecule has 138 valence electrons. The molecule has 0 aliphatic carbocycles. The number of amides is 1. The van der Waals surface area contributed by atoms with Gasteiger partial charge in [0.05, 0.1) is 31.5 Å². The van der Waals surface area contributed by atoms with Crippen LogP contribution < -0.4 is 10.6 Å². The topological polar surface area (TPSA) is 66.5 Å². The van der Waals surface area contributed by atoms with E-state index in [1.807, 2.05) is 43.3 Å². The van der Waals surface area contributed by atoms with Crippen molar-refractivity contribution in [3.63, 3.8) is 0 Å². The molecule has 1 amide bonds. The standard InChI is InChI=1S/C20H26N4O2/c1-16-4-2-3-5-17(16)14-20(25)23-18-6-7-19(22-15-18)21-8-9-24-10-12-26-13-11-24/h2-7,15H,8-14H2,1H3,(H,21,22)(H,23,25). The molecule has 1 aliphatic heterocycles. The van der Waals surface area contributed by atoms with Gasteiger partial charge >= 0.3 is 0 Å². The number of rotatable bonds is 7. The molecule has 26 heavy (non-hydrogen) atoms. The summed E-state index contributed by atoms with van der Waals surface area (Å²) in [5, 5.41) is 6.21. The predicted octanol–water partition coefficient (Wildman–Crippen LogP) is 2.32. The maximum absolute atomic E-state index is 12.2. The number of aromatic nitrogens is 1. The summed E-state index contributed by atoms with van der Waals surface area (Å²) in [4.78, 5) is 18.9. The first-order valence-corrected chi connectivity index (χ1v) is 9.05. The van der Waals surface area contributed by atoms with Crippen molar-refractivity contribution in [1.29, 1.82) is 0 Å². The fraction of sp³-hybridized carbons (Fsp3) is 0.400. The summed E-state index contributed by atoms with van der Waals surface area (Å²) in [5.41, 5.74) is 2.88. The van der Waals surface area contributed by atoms with E-state index in [-0.39, 0.29) is 5.91 Å². The average Bonchev–Trinajstić information content (AvgIpc) is 2.66. The van der Waals surface area contributed by atoms with E-state index in [2.05, 4.69) is 20.5 Å². The first-order chi connectivity index (χ1) is 12.7. The normalized spacial score (nSPS) is 14.8. The van der Waals surface area contributed by atoms with Crippen LogP contribution in [0.4, 0.5) is 11.5 Å². The number of ether oxygens (including phenoxy) is 1. The minimum atomic E-state index is -0.0332. The van der Waals surface area contributed by atoms with Crippen molar-refractivity contribution >= 4 is 17.4 Å². The van der Waals surface area contributed by atoms with Gasteiger partial charge in [-0.05, 0) is 30.2 Å². The zero-order valence-electron chi connectivity index (χ0n) is 15.2. The van der Waals surface area contributed by atoms with E-state index in [1.165, 1.54) is 0 Å². The van der Waals surface area contributed by atoms with Gasteiger partial charge in [-0.2, -0.15) is 0 Å². The van der Waals surface area contributed by atoms with Gasteiger partial charge in [-0.25, -0.2) is 4.98 Å². The summed E-state index contributed by atoms with van der Waals surface area (Å²) < 4.78 is 5.34. The van der Waals surface area contributed by atoms with E-state index < -0.39 is 0 Å². The molecule has 0 unspecified atom stereocenters. The largest absolute Gasteiger partial charge is 0.379 e. The molecule has 3 rings (SSSR count). The predicted molar refractivity (Wildman–Crippen MR) is 103 cm³/mol. The van der Waals surface area contributed by atoms with Gasteiger partial charge in [0.2, 0.25) is 5.91 Å². The Labute approximate surface area is 154 Å². The van der Waals surface area contributed by atoms with E-state index >= 15 is 0 Å². The number of carbonyl (C=O) groups excluding carboxylic acids is 1. The summed E-state index contributed by atoms with van der Waals surface area (Å²) in [5.74, 6) is 0.782. The van der Waals surface area contributed by atoms with Crippen LogP contribution in [-0.4, -0.2) is 55.2 Å². The molecule has 0 spiro atoms. The van der Waals surface area contributed by atoms with Crippen LogP contribution in [0.3, 0.4) is 0 Å². The monoisotopic (exact) mass is 354 g/mol. The van der Waals surface area contributed by atoms with Crippen molar-refractivity contribution in [3.8, 4) is 0 Å². The molecular weight excluding hydrogens is 328 g/mol. The molecule has 0 bridgehead atoms. The quantitative estimate of drug-likeness (QED) is 0.799. The van der Waals surface area contributed by atoms with Crippen LogP contribution in [0.25, 0.3) is 0 Å². The van der Waals surface area contributed by atoms with Crippen LogP contribution in [0.5, 0.6) is 0 Å². The Morgan fingerprint density at radius 1 is 1.19 bits per heavy atom. The number of morpholine rings is 1. The van der Waals surface area contributed by atoms with E-state index in [1.54, 1.807) is 6.20 Å². The molecule has 2 heterocycles. The lowest BCUT2D eigenvalue weighted by molar-refractivity contribution is -0.115. The van der Waals surface area contributed by atoms with Crippen LogP contribution >= 0.6 is 0 Å². The zero-order valence-corrected chi connectivity index (χ0v) is 15.2. The van der Waals surface area contributed by atoms with E-state index in [4.69, 9.17) is 4.74 Å². The molecule has 6 heteroatoms. The maximum Gasteiger partial charge on any atom is 0.228 e. The first-order valence-electron chi connectivity index (χ1n) is 9.05. The number of hydrogen-bond acceptors (Lipinski definition) is 5. The third kappa shape index (κ3) is 5.54. The van der Waals surface area contributed by atoms with Gasteiger partial charge in [-0.15, -0.1) is 0 Å². The highest BCUT2D eigenvalue weighted by atomic mass is 16.5. The number of pyridine rings is 1. The minimum absolute atomic E-state index is 0.0332. The van der Waals surface area contributed by atoms with Gasteiger partial charge in [-0.3, -0.25) is 9.69 Å². The van der Waals surface area contributed by atoms with E-state index in [0.717, 1.165) is 56.3 Å². The van der Waals surface area contributed by atoms with Crippen molar-refractivity contribution in [2.24, 2.45) is 0 Å². The Bertz CT molecular complexity index is 712. The number of nitrogens with zero attached hydrogens (tertiary/aromatic N) is 2. The molecule has 0 radical (unpaired) electrons. The molecule has 1 saturated heterocycles. The molecule has 6 nitrogen and oxygen atoms in total. The highest BCUT2D eigenvalue weighted by Crippen LogP contribution is 2.12. The molecule has 0 saturated carbocycles. The third-order valence-electron chi connectivity index (χ3n) is 4.50. The lowest BCUT2D eigenvalue weighted by Gasteiger charge is -2.26. The van der Waals surface area contributed by atoms with E-state index in [9.17, 15) is 4.79 Å². The zero-order chi connectivity index (χ0) is 18.2. The summed E-state index contributed by atoms with van der Waals surface area (Å²) in [6, 6.07) is 11.7. The second kappa shape index (κ2) is 9.31. The Morgan fingerprint density at radius 3 is 2.73 bits per heavy atom. The molecule has 1 aromatic carbocycles. The van der Waals surface area contributed by atoms with Crippen molar-refractivity contribution in [2.75, 3.05) is 50.0 Å². The molecule has 1 aromatic heterocycles. The van der Waals surface area contributed by atoms with Crippen molar-refractivity contribution < 1.29 is 9.53 Å². The van der Waals surface area contributed by atoms with Crippen LogP contribution in [0.15, 0.2) is 42.6 Å². The van der Waals surface area contributed by atoms with Gasteiger partial charge < -0.3 is 15.4 Å². The van der Waals surface area contributed by atoms with Crippen LogP contribution in [0.2, 0.25) is 0 Å². The van der Waals surface area contributed by atoms with Crippen molar-refractivity contribution in [3.05, 3.63) is 53.7 Å². The summed E-state index contributed by atoms with van der Waals surface area (Å²) in [7, 11) is 0. The van der Waals surface area contributed by atoms with Crippen molar-refractivity contribution in [1.82, 2.24) is 9.88 Å². The van der Waals surface area contributed by atoms with Gasteiger partial charge in [0, 0.05) is 26.2 Å². The highest BCUT2D eigenvalue weighted by Gasteiger charge is 2.09. The highest BCUT2D eigenvalue weighted by molar-refractivity contribution is 5.92. The van der Waals surface area contributed by atoms with E-state index in [0.29, 0.717) is 12.1 Å². The van der Waals surface area contributed by atoms with Crippen molar-refractivity contribution in [2.45, 2.75) is 13.3 Å². The summed E-state index contributed by atoms with van der Waals surface area (Å²) in [6.45, 7) is 7.43. The fourth-order valence-corrected chi connectivity index (χ4v) is 2.93. The first kappa shape index (κ1) is 18.4. The molecule has 0 atom stereocenters. The average molecular weight is 354 g/mol. The summed E-state index contributed by atoms with van der Waals surface area (Å²) in [6.07, 6.45) is 2.05.